The van der Waals surface area contributed by atoms with Crippen molar-refractivity contribution in [2.75, 3.05) is 41.7 Å². The molecule has 0 radical (unpaired) electrons. The summed E-state index contributed by atoms with van der Waals surface area (Å²) in [6, 6.07) is 14.5. The van der Waals surface area contributed by atoms with E-state index in [-0.39, 0.29) is 47.1 Å². The number of benzene rings is 3. The highest BCUT2D eigenvalue weighted by molar-refractivity contribution is 7.13. The number of carbonyl (C=O) groups is 4. The van der Waals surface area contributed by atoms with E-state index >= 15 is 8.78 Å². The number of hydrogen-bond acceptors (Lipinski definition) is 10. The number of carbonyl (C=O) groups excluding carboxylic acids is 4. The van der Waals surface area contributed by atoms with Gasteiger partial charge in [0.2, 0.25) is 11.8 Å². The summed E-state index contributed by atoms with van der Waals surface area (Å²) >= 11 is 1.28. The molecule has 0 spiro atoms. The summed E-state index contributed by atoms with van der Waals surface area (Å²) in [4.78, 5) is 68.0. The molecule has 4 N–H and O–H groups in total. The highest BCUT2D eigenvalue weighted by Gasteiger charge is 2.42. The van der Waals surface area contributed by atoms with Crippen molar-refractivity contribution in [3.05, 3.63) is 112 Å². The van der Waals surface area contributed by atoms with E-state index in [0.717, 1.165) is 62.3 Å². The lowest BCUT2D eigenvalue weighted by Gasteiger charge is -2.36. The molecule has 10 rings (SSSR count). The van der Waals surface area contributed by atoms with Crippen molar-refractivity contribution in [3.8, 4) is 11.1 Å². The number of rotatable bonds is 11. The molecule has 7 heterocycles. The van der Waals surface area contributed by atoms with Crippen LogP contribution >= 0.6 is 11.3 Å². The Morgan fingerprint density at radius 3 is 2.43 bits per heavy atom. The van der Waals surface area contributed by atoms with Crippen LogP contribution in [0.25, 0.3) is 11.1 Å². The number of amides is 4. The minimum atomic E-state index is -1.06. The van der Waals surface area contributed by atoms with Gasteiger partial charge in [-0.3, -0.25) is 24.5 Å². The molecule has 4 amide bonds. The summed E-state index contributed by atoms with van der Waals surface area (Å²) in [7, 11) is 0. The Bertz CT molecular complexity index is 2610. The van der Waals surface area contributed by atoms with Gasteiger partial charge in [-0.25, -0.2) is 18.7 Å². The maximum Gasteiger partial charge on any atom is 0.255 e. The zero-order valence-corrected chi connectivity index (χ0v) is 36.7. The van der Waals surface area contributed by atoms with E-state index in [1.807, 2.05) is 33.7 Å². The van der Waals surface area contributed by atoms with Crippen molar-refractivity contribution in [3.63, 3.8) is 0 Å². The molecule has 0 bridgehead atoms. The highest BCUT2D eigenvalue weighted by atomic mass is 32.1. The van der Waals surface area contributed by atoms with Gasteiger partial charge in [-0.15, -0.1) is 11.3 Å². The lowest BCUT2D eigenvalue weighted by molar-refractivity contribution is -0.133. The number of anilines is 3. The van der Waals surface area contributed by atoms with Crippen LogP contribution in [0.15, 0.2) is 72.5 Å². The minimum absolute atomic E-state index is 0.00601. The molecule has 17 heteroatoms. The third-order valence-corrected chi connectivity index (χ3v) is 14.6. The fourth-order valence-corrected chi connectivity index (χ4v) is 10.9. The van der Waals surface area contributed by atoms with Crippen molar-refractivity contribution in [1.82, 2.24) is 29.7 Å². The molecule has 14 nitrogen and oxygen atoms in total. The number of hydrogen-bond donors (Lipinski definition) is 4. The second-order valence-corrected chi connectivity index (χ2v) is 18.8. The Balaban J connectivity index is 0.724. The number of aromatic nitrogens is 3. The summed E-state index contributed by atoms with van der Waals surface area (Å²) in [6.45, 7) is 3.49. The van der Waals surface area contributed by atoms with Crippen LogP contribution in [0.4, 0.5) is 25.3 Å². The van der Waals surface area contributed by atoms with E-state index in [9.17, 15) is 24.3 Å². The van der Waals surface area contributed by atoms with Crippen LogP contribution in [0.5, 0.6) is 0 Å². The van der Waals surface area contributed by atoms with Gasteiger partial charge in [0.15, 0.2) is 11.2 Å². The monoisotopic (exact) mass is 903 g/mol. The molecule has 3 fully saturated rings. The van der Waals surface area contributed by atoms with Crippen LogP contribution in [-0.4, -0.2) is 91.5 Å². The Morgan fingerprint density at radius 2 is 1.69 bits per heavy atom. The Kier molecular flexibility index (Phi) is 11.8. The average molecular weight is 904 g/mol. The van der Waals surface area contributed by atoms with Crippen LogP contribution in [-0.2, 0) is 33.9 Å². The number of thiazole rings is 1. The second kappa shape index (κ2) is 18.0. The number of likely N-dealkylation sites (tertiary alicyclic amines) is 1. The maximum atomic E-state index is 16.0. The molecule has 2 aromatic heterocycles. The third-order valence-electron chi connectivity index (χ3n) is 13.9. The molecule has 3 saturated heterocycles. The molecule has 3 unspecified atom stereocenters. The molecule has 338 valence electrons. The van der Waals surface area contributed by atoms with Gasteiger partial charge in [0, 0.05) is 78.9 Å². The standard InChI is InChI=1S/C48H51F2N9O5S/c49-37-24-31(23-35-36(37)26-59(47(35)64)44(46(63)55-48-51-15-21-65-48)43-40-2-1-16-58(40)27-52-43)29-3-6-33(7-4-29)56-17-11-28(12-18-56)22-42(61)57-19-13-30(14-20-57)34-8-5-32(25-38(34)50)53-39-9-10-41(60)54-45(39)62/h3-8,15,21,23-25,27-28,30,39,41,44,53,60H,1-2,9-14,16-20,22,26H2,(H,54,62)(H,51,55,63). The van der Waals surface area contributed by atoms with Crippen LogP contribution in [0.1, 0.15) is 96.2 Å². The molecule has 3 aromatic carbocycles. The predicted molar refractivity (Wildman–Crippen MR) is 241 cm³/mol. The zero-order chi connectivity index (χ0) is 44.8. The van der Waals surface area contributed by atoms with Crippen molar-refractivity contribution >= 4 is 51.5 Å². The first-order valence-corrected chi connectivity index (χ1v) is 23.5. The van der Waals surface area contributed by atoms with Crippen molar-refractivity contribution in [1.29, 1.82) is 0 Å². The second-order valence-electron chi connectivity index (χ2n) is 17.9. The third kappa shape index (κ3) is 8.70. The first-order chi connectivity index (χ1) is 31.6. The number of imidazole rings is 1. The van der Waals surface area contributed by atoms with Gasteiger partial charge in [-0.05, 0) is 116 Å². The number of aryl methyl sites for hydroxylation is 1. The van der Waals surface area contributed by atoms with Gasteiger partial charge in [-0.1, -0.05) is 18.2 Å². The molecule has 0 saturated carbocycles. The molecule has 5 aliphatic heterocycles. The van der Waals surface area contributed by atoms with Crippen LogP contribution in [0.2, 0.25) is 0 Å². The van der Waals surface area contributed by atoms with Gasteiger partial charge in [0.1, 0.15) is 23.9 Å². The Labute approximate surface area is 379 Å². The number of piperidine rings is 3. The zero-order valence-electron chi connectivity index (χ0n) is 35.8. The molecule has 0 aliphatic carbocycles. The minimum Gasteiger partial charge on any atom is -0.374 e. The first kappa shape index (κ1) is 42.7. The normalized spacial score (nSPS) is 20.7. The van der Waals surface area contributed by atoms with Crippen LogP contribution in [0.3, 0.4) is 0 Å². The van der Waals surface area contributed by atoms with E-state index < -0.39 is 35.9 Å². The van der Waals surface area contributed by atoms with E-state index in [2.05, 4.69) is 30.8 Å². The van der Waals surface area contributed by atoms with Gasteiger partial charge < -0.3 is 35.0 Å². The summed E-state index contributed by atoms with van der Waals surface area (Å²) in [6.07, 6.45) is 8.59. The number of halogens is 2. The van der Waals surface area contributed by atoms with Crippen LogP contribution in [0, 0.1) is 17.6 Å². The molecular weight excluding hydrogens is 853 g/mol. The average Bonchev–Trinajstić information content (AvgIpc) is 4.13. The van der Waals surface area contributed by atoms with E-state index in [1.54, 1.807) is 36.1 Å². The fraction of sp³-hybridized carbons (Fsp3) is 0.417. The smallest absolute Gasteiger partial charge is 0.255 e. The van der Waals surface area contributed by atoms with Gasteiger partial charge in [0.25, 0.3) is 11.8 Å². The molecule has 3 atom stereocenters. The molecule has 5 aliphatic rings. The lowest BCUT2D eigenvalue weighted by atomic mass is 9.88. The molecule has 5 aromatic rings. The SMILES string of the molecule is O=C1NC(O)CCC1Nc1ccc(C2CCN(C(=O)CC3CCN(c4ccc(-c5cc(F)c6c(c5)C(=O)N(C(C(=O)Nc5nccs5)c5ncn7c5CCC7)C6)cc4)CC3)CC2)c(F)c1. The van der Waals surface area contributed by atoms with E-state index in [4.69, 9.17) is 0 Å². The van der Waals surface area contributed by atoms with Gasteiger partial charge in [-0.2, -0.15) is 0 Å². The first-order valence-electron chi connectivity index (χ1n) is 22.6. The number of nitrogens with zero attached hydrogens (tertiary/aromatic N) is 6. The largest absolute Gasteiger partial charge is 0.374 e. The fourth-order valence-electron chi connectivity index (χ4n) is 10.3. The number of aliphatic hydroxyl groups is 1. The van der Waals surface area contributed by atoms with Crippen molar-refractivity contribution in [2.24, 2.45) is 5.92 Å². The number of aliphatic hydroxyl groups excluding tert-OH is 1. The Morgan fingerprint density at radius 1 is 0.892 bits per heavy atom. The highest BCUT2D eigenvalue weighted by Crippen LogP contribution is 2.39. The summed E-state index contributed by atoms with van der Waals surface area (Å²) in [5, 5.41) is 20.2. The quantitative estimate of drug-likeness (QED) is 0.115. The van der Waals surface area contributed by atoms with Gasteiger partial charge in [0.05, 0.1) is 18.6 Å². The van der Waals surface area contributed by atoms with E-state index in [0.29, 0.717) is 72.8 Å². The molecule has 65 heavy (non-hydrogen) atoms. The Hall–Kier alpha value is -6.20. The van der Waals surface area contributed by atoms with Crippen molar-refractivity contribution < 1.29 is 33.1 Å². The summed E-state index contributed by atoms with van der Waals surface area (Å²) in [5.74, 6) is -1.59. The summed E-state index contributed by atoms with van der Waals surface area (Å²) < 4.78 is 33.3. The number of fused-ring (bicyclic) bond motifs is 2. The van der Waals surface area contributed by atoms with Crippen LogP contribution < -0.4 is 20.9 Å². The van der Waals surface area contributed by atoms with E-state index in [1.165, 1.54) is 28.4 Å². The van der Waals surface area contributed by atoms with Crippen molar-refractivity contribution in [2.45, 2.75) is 95.1 Å². The topological polar surface area (TPSA) is 165 Å². The lowest BCUT2D eigenvalue weighted by Crippen LogP contribution is -2.49. The predicted octanol–water partition coefficient (Wildman–Crippen LogP) is 6.59. The summed E-state index contributed by atoms with van der Waals surface area (Å²) in [5.41, 5.74) is 5.41. The molecular formula is C48H51F2N9O5S. The number of nitrogens with one attached hydrogen (secondary N) is 3. The van der Waals surface area contributed by atoms with Gasteiger partial charge >= 0.3 is 0 Å². The maximum absolute atomic E-state index is 16.0.